The summed E-state index contributed by atoms with van der Waals surface area (Å²) in [5.41, 5.74) is 5.64. The van der Waals surface area contributed by atoms with E-state index in [1.165, 1.54) is 6.07 Å². The average Bonchev–Trinajstić information content (AvgIpc) is 2.02. The number of nitrogens with two attached hydrogens (primary N) is 1. The molecule has 70 valence electrons. The highest BCUT2D eigenvalue weighted by atomic mass is 79.9. The molecular weight excluding hydrogens is 259 g/mol. The van der Waals surface area contributed by atoms with Crippen LogP contribution in [-0.2, 0) is 6.54 Å². The summed E-state index contributed by atoms with van der Waals surface area (Å²) in [7, 11) is 0. The quantitative estimate of drug-likeness (QED) is 0.659. The first-order chi connectivity index (χ1) is 6.06. The zero-order chi connectivity index (χ0) is 10.0. The van der Waals surface area contributed by atoms with Crippen molar-refractivity contribution < 1.29 is 4.92 Å². The van der Waals surface area contributed by atoms with Gasteiger partial charge in [0.25, 0.3) is 5.69 Å². The van der Waals surface area contributed by atoms with Crippen molar-refractivity contribution in [2.24, 2.45) is 5.73 Å². The second kappa shape index (κ2) is 4.04. The Labute approximate surface area is 88.0 Å². The van der Waals surface area contributed by atoms with Gasteiger partial charge >= 0.3 is 0 Å². The second-order valence-electron chi connectivity index (χ2n) is 2.35. The summed E-state index contributed by atoms with van der Waals surface area (Å²) in [6, 6.07) is 2.96. The fourth-order valence-corrected chi connectivity index (χ4v) is 1.82. The number of benzene rings is 1. The van der Waals surface area contributed by atoms with E-state index in [0.717, 1.165) is 0 Å². The molecule has 0 saturated carbocycles. The highest BCUT2D eigenvalue weighted by Gasteiger charge is 2.16. The molecule has 0 fully saturated rings. The first kappa shape index (κ1) is 10.4. The van der Waals surface area contributed by atoms with Gasteiger partial charge in [-0.25, -0.2) is 0 Å². The Morgan fingerprint density at radius 3 is 2.69 bits per heavy atom. The molecule has 0 unspecified atom stereocenters. The zero-order valence-electron chi connectivity index (χ0n) is 6.46. The van der Waals surface area contributed by atoms with Crippen LogP contribution >= 0.6 is 27.5 Å². The van der Waals surface area contributed by atoms with Gasteiger partial charge in [0.2, 0.25) is 0 Å². The van der Waals surface area contributed by atoms with Crippen molar-refractivity contribution in [3.63, 3.8) is 0 Å². The maximum absolute atomic E-state index is 10.6. The third kappa shape index (κ3) is 2.18. The molecule has 0 aromatic heterocycles. The summed E-state index contributed by atoms with van der Waals surface area (Å²) in [6.45, 7) is 0.0580. The predicted molar refractivity (Wildman–Crippen MR) is 53.7 cm³/mol. The molecule has 1 aromatic carbocycles. The van der Waals surface area contributed by atoms with E-state index in [9.17, 15) is 10.1 Å². The molecule has 0 heterocycles. The van der Waals surface area contributed by atoms with Crippen molar-refractivity contribution in [2.45, 2.75) is 6.54 Å². The lowest BCUT2D eigenvalue weighted by atomic mass is 10.2. The topological polar surface area (TPSA) is 69.2 Å². The summed E-state index contributed by atoms with van der Waals surface area (Å²) in [4.78, 5) is 10.1. The lowest BCUT2D eigenvalue weighted by molar-refractivity contribution is -0.385. The van der Waals surface area contributed by atoms with Crippen molar-refractivity contribution in [2.75, 3.05) is 0 Å². The van der Waals surface area contributed by atoms with E-state index in [1.807, 2.05) is 0 Å². The molecule has 0 amide bonds. The molecule has 4 nitrogen and oxygen atoms in total. The smallest absolute Gasteiger partial charge is 0.276 e. The van der Waals surface area contributed by atoms with Gasteiger partial charge < -0.3 is 5.73 Å². The number of nitro groups is 1. The Morgan fingerprint density at radius 2 is 2.23 bits per heavy atom. The van der Waals surface area contributed by atoms with Crippen molar-refractivity contribution in [3.05, 3.63) is 37.3 Å². The third-order valence-electron chi connectivity index (χ3n) is 1.54. The SMILES string of the molecule is NCc1c(Cl)cc(Br)cc1[N+](=O)[O-]. The van der Waals surface area contributed by atoms with E-state index in [0.29, 0.717) is 15.1 Å². The first-order valence-electron chi connectivity index (χ1n) is 3.38. The molecule has 0 aliphatic heterocycles. The molecule has 0 aliphatic rings. The fourth-order valence-electron chi connectivity index (χ4n) is 0.955. The van der Waals surface area contributed by atoms with Crippen molar-refractivity contribution in [1.29, 1.82) is 0 Å². The molecule has 0 saturated heterocycles. The lowest BCUT2D eigenvalue weighted by Gasteiger charge is -2.02. The van der Waals surface area contributed by atoms with Gasteiger partial charge in [-0.05, 0) is 6.07 Å². The molecule has 1 rings (SSSR count). The van der Waals surface area contributed by atoms with Gasteiger partial charge in [0.05, 0.1) is 15.5 Å². The zero-order valence-corrected chi connectivity index (χ0v) is 8.80. The van der Waals surface area contributed by atoms with Crippen LogP contribution in [0.25, 0.3) is 0 Å². The number of nitrogens with zero attached hydrogens (tertiary/aromatic N) is 1. The van der Waals surface area contributed by atoms with E-state index in [-0.39, 0.29) is 12.2 Å². The molecule has 0 bridgehead atoms. The Hall–Kier alpha value is -0.650. The fraction of sp³-hybridized carbons (Fsp3) is 0.143. The van der Waals surface area contributed by atoms with E-state index in [4.69, 9.17) is 17.3 Å². The summed E-state index contributed by atoms with van der Waals surface area (Å²) >= 11 is 8.88. The molecular formula is C7H6BrClN2O2. The van der Waals surface area contributed by atoms with Crippen LogP contribution in [0.3, 0.4) is 0 Å². The number of rotatable bonds is 2. The van der Waals surface area contributed by atoms with Crippen molar-refractivity contribution in [1.82, 2.24) is 0 Å². The maximum atomic E-state index is 10.6. The predicted octanol–water partition coefficient (Wildman–Crippen LogP) is 2.47. The molecule has 2 N–H and O–H groups in total. The number of hydrogen-bond donors (Lipinski definition) is 1. The summed E-state index contributed by atoms with van der Waals surface area (Å²) < 4.78 is 0.571. The first-order valence-corrected chi connectivity index (χ1v) is 4.55. The van der Waals surface area contributed by atoms with Crippen LogP contribution in [0.4, 0.5) is 5.69 Å². The van der Waals surface area contributed by atoms with Crippen molar-refractivity contribution in [3.8, 4) is 0 Å². The molecule has 0 radical (unpaired) electrons. The van der Waals surface area contributed by atoms with Gasteiger partial charge in [0.1, 0.15) is 0 Å². The van der Waals surface area contributed by atoms with E-state index >= 15 is 0 Å². The minimum absolute atomic E-state index is 0.0538. The molecule has 13 heavy (non-hydrogen) atoms. The van der Waals surface area contributed by atoms with Crippen LogP contribution in [0.15, 0.2) is 16.6 Å². The second-order valence-corrected chi connectivity index (χ2v) is 3.67. The minimum atomic E-state index is -0.501. The van der Waals surface area contributed by atoms with E-state index < -0.39 is 4.92 Å². The van der Waals surface area contributed by atoms with Crippen LogP contribution < -0.4 is 5.73 Å². The third-order valence-corrected chi connectivity index (χ3v) is 2.33. The Bertz CT molecular complexity index is 357. The summed E-state index contributed by atoms with van der Waals surface area (Å²) in [5, 5.41) is 10.9. The number of nitro benzene ring substituents is 1. The van der Waals surface area contributed by atoms with E-state index in [1.54, 1.807) is 6.07 Å². The summed E-state index contributed by atoms with van der Waals surface area (Å²) in [6.07, 6.45) is 0. The molecule has 0 aliphatic carbocycles. The van der Waals surface area contributed by atoms with Crippen LogP contribution in [0.5, 0.6) is 0 Å². The molecule has 1 aromatic rings. The van der Waals surface area contributed by atoms with Crippen LogP contribution in [-0.4, -0.2) is 4.92 Å². The largest absolute Gasteiger partial charge is 0.326 e. The highest BCUT2D eigenvalue weighted by Crippen LogP contribution is 2.30. The molecule has 0 atom stereocenters. The van der Waals surface area contributed by atoms with Gasteiger partial charge in [0, 0.05) is 17.1 Å². The van der Waals surface area contributed by atoms with Crippen LogP contribution in [0.1, 0.15) is 5.56 Å². The van der Waals surface area contributed by atoms with Gasteiger partial charge in [-0.1, -0.05) is 27.5 Å². The monoisotopic (exact) mass is 264 g/mol. The van der Waals surface area contributed by atoms with Gasteiger partial charge in [-0.3, -0.25) is 10.1 Å². The van der Waals surface area contributed by atoms with Gasteiger partial charge in [-0.15, -0.1) is 0 Å². The van der Waals surface area contributed by atoms with Crippen LogP contribution in [0.2, 0.25) is 5.02 Å². The lowest BCUT2D eigenvalue weighted by Crippen LogP contribution is -2.02. The highest BCUT2D eigenvalue weighted by molar-refractivity contribution is 9.10. The average molecular weight is 265 g/mol. The van der Waals surface area contributed by atoms with Gasteiger partial charge in [0.15, 0.2) is 0 Å². The minimum Gasteiger partial charge on any atom is -0.326 e. The van der Waals surface area contributed by atoms with E-state index in [2.05, 4.69) is 15.9 Å². The van der Waals surface area contributed by atoms with Crippen LogP contribution in [0, 0.1) is 10.1 Å². The Morgan fingerprint density at radius 1 is 1.62 bits per heavy atom. The Balaban J connectivity index is 3.38. The molecule has 6 heteroatoms. The number of hydrogen-bond acceptors (Lipinski definition) is 3. The Kier molecular flexibility index (Phi) is 3.24. The number of halogens is 2. The van der Waals surface area contributed by atoms with Crippen molar-refractivity contribution >= 4 is 33.2 Å². The normalized spacial score (nSPS) is 10.1. The molecule has 0 spiro atoms. The summed E-state index contributed by atoms with van der Waals surface area (Å²) in [5.74, 6) is 0. The standard InChI is InChI=1S/C7H6BrClN2O2/c8-4-1-6(9)5(3-10)7(2-4)11(12)13/h1-2H,3,10H2. The van der Waals surface area contributed by atoms with Gasteiger partial charge in [-0.2, -0.15) is 0 Å². The maximum Gasteiger partial charge on any atom is 0.276 e.